The zero-order chi connectivity index (χ0) is 24.1. The number of hydrogen-bond acceptors (Lipinski definition) is 5. The van der Waals surface area contributed by atoms with Crippen molar-refractivity contribution in [2.75, 3.05) is 32.7 Å². The number of hydrogen-bond donors (Lipinski definition) is 1. The summed E-state index contributed by atoms with van der Waals surface area (Å²) in [6, 6.07) is 10.2. The number of aryl methyl sites for hydroxylation is 1. The van der Waals surface area contributed by atoms with E-state index in [0.29, 0.717) is 18.8 Å². The lowest BCUT2D eigenvalue weighted by atomic mass is 10.1. The van der Waals surface area contributed by atoms with Crippen LogP contribution in [-0.2, 0) is 11.2 Å². The summed E-state index contributed by atoms with van der Waals surface area (Å²) in [6.07, 6.45) is 6.07. The maximum Gasteiger partial charge on any atom is 0.274 e. The monoisotopic (exact) mass is 453 g/mol. The summed E-state index contributed by atoms with van der Waals surface area (Å²) < 4.78 is 0. The van der Waals surface area contributed by atoms with Gasteiger partial charge in [0, 0.05) is 31.7 Å². The molecule has 0 bridgehead atoms. The van der Waals surface area contributed by atoms with Crippen molar-refractivity contribution in [1.82, 2.24) is 25.1 Å². The summed E-state index contributed by atoms with van der Waals surface area (Å²) in [4.78, 5) is 38.1. The van der Waals surface area contributed by atoms with Gasteiger partial charge in [0.05, 0.1) is 11.9 Å². The van der Waals surface area contributed by atoms with Gasteiger partial charge in [-0.2, -0.15) is 0 Å². The van der Waals surface area contributed by atoms with Crippen molar-refractivity contribution in [1.29, 1.82) is 0 Å². The number of aromatic nitrogens is 2. The summed E-state index contributed by atoms with van der Waals surface area (Å²) in [5.74, 6) is -0.226. The van der Waals surface area contributed by atoms with Crippen molar-refractivity contribution in [2.45, 2.75) is 59.4 Å². The van der Waals surface area contributed by atoms with Crippen LogP contribution in [0.25, 0.3) is 0 Å². The van der Waals surface area contributed by atoms with Crippen LogP contribution >= 0.6 is 0 Å². The van der Waals surface area contributed by atoms with Gasteiger partial charge in [0.2, 0.25) is 5.91 Å². The lowest BCUT2D eigenvalue weighted by Gasteiger charge is -2.23. The zero-order valence-corrected chi connectivity index (χ0v) is 20.6. The lowest BCUT2D eigenvalue weighted by Crippen LogP contribution is -2.39. The van der Waals surface area contributed by atoms with Crippen molar-refractivity contribution in [3.05, 3.63) is 59.7 Å². The molecule has 1 aromatic carbocycles. The standard InChI is InChI=1S/C26H39N5O2/c1-5-30(6-2)16-10-11-21(3)29-25(32)15-18-31(17-14-23-12-8-7-9-13-23)26(33)24-20-27-22(4)19-28-24/h7-9,12-13,19-21H,5-6,10-11,14-18H2,1-4H3,(H,29,32). The Kier molecular flexibility index (Phi) is 11.5. The minimum atomic E-state index is -0.196. The average molecular weight is 454 g/mol. The molecule has 0 aliphatic heterocycles. The highest BCUT2D eigenvalue weighted by atomic mass is 16.2. The van der Waals surface area contributed by atoms with Crippen LogP contribution in [0, 0.1) is 6.92 Å². The van der Waals surface area contributed by atoms with Crippen LogP contribution in [-0.4, -0.2) is 70.3 Å². The number of nitrogens with one attached hydrogen (secondary N) is 1. The Balaban J connectivity index is 1.89. The van der Waals surface area contributed by atoms with Crippen molar-refractivity contribution in [3.8, 4) is 0 Å². The van der Waals surface area contributed by atoms with Crippen molar-refractivity contribution < 1.29 is 9.59 Å². The summed E-state index contributed by atoms with van der Waals surface area (Å²) in [6.45, 7) is 12.2. The molecule has 0 radical (unpaired) electrons. The number of benzene rings is 1. The highest BCUT2D eigenvalue weighted by Crippen LogP contribution is 2.07. The summed E-state index contributed by atoms with van der Waals surface area (Å²) in [7, 11) is 0. The van der Waals surface area contributed by atoms with Crippen molar-refractivity contribution in [3.63, 3.8) is 0 Å². The largest absolute Gasteiger partial charge is 0.354 e. The first kappa shape index (κ1) is 26.5. The molecule has 2 amide bonds. The number of carbonyl (C=O) groups is 2. The Morgan fingerprint density at radius 2 is 1.73 bits per heavy atom. The molecule has 0 aliphatic carbocycles. The molecule has 180 valence electrons. The SMILES string of the molecule is CCN(CC)CCCC(C)NC(=O)CCN(CCc1ccccc1)C(=O)c1cnc(C)cn1. The molecule has 7 nitrogen and oxygen atoms in total. The second-order valence-corrected chi connectivity index (χ2v) is 8.46. The fourth-order valence-corrected chi connectivity index (χ4v) is 3.71. The molecule has 0 spiro atoms. The van der Waals surface area contributed by atoms with E-state index < -0.39 is 0 Å². The van der Waals surface area contributed by atoms with Gasteiger partial charge in [0.1, 0.15) is 5.69 Å². The fourth-order valence-electron chi connectivity index (χ4n) is 3.71. The van der Waals surface area contributed by atoms with E-state index in [0.717, 1.165) is 50.2 Å². The number of amides is 2. The molecular weight excluding hydrogens is 414 g/mol. The molecule has 0 aliphatic rings. The Morgan fingerprint density at radius 1 is 1.00 bits per heavy atom. The first-order chi connectivity index (χ1) is 15.9. The number of nitrogens with zero attached hydrogens (tertiary/aromatic N) is 4. The van der Waals surface area contributed by atoms with Crippen LogP contribution in [0.15, 0.2) is 42.7 Å². The fraction of sp³-hybridized carbons (Fsp3) is 0.538. The van der Waals surface area contributed by atoms with Gasteiger partial charge in [0.15, 0.2) is 0 Å². The molecule has 7 heteroatoms. The molecule has 0 fully saturated rings. The molecule has 1 aromatic heterocycles. The minimum absolute atomic E-state index is 0.0298. The van der Waals surface area contributed by atoms with E-state index in [4.69, 9.17) is 0 Å². The lowest BCUT2D eigenvalue weighted by molar-refractivity contribution is -0.121. The third-order valence-corrected chi connectivity index (χ3v) is 5.82. The van der Waals surface area contributed by atoms with E-state index >= 15 is 0 Å². The van der Waals surface area contributed by atoms with Crippen molar-refractivity contribution in [2.24, 2.45) is 0 Å². The quantitative estimate of drug-likeness (QED) is 0.474. The maximum absolute atomic E-state index is 13.1. The molecule has 1 unspecified atom stereocenters. The van der Waals surface area contributed by atoms with Gasteiger partial charge in [-0.1, -0.05) is 44.2 Å². The van der Waals surface area contributed by atoms with E-state index in [1.165, 1.54) is 6.20 Å². The van der Waals surface area contributed by atoms with Gasteiger partial charge < -0.3 is 15.1 Å². The predicted octanol–water partition coefficient (Wildman–Crippen LogP) is 3.49. The van der Waals surface area contributed by atoms with Gasteiger partial charge in [-0.3, -0.25) is 14.6 Å². The molecule has 1 heterocycles. The minimum Gasteiger partial charge on any atom is -0.354 e. The Bertz CT molecular complexity index is 838. The average Bonchev–Trinajstić information content (AvgIpc) is 2.82. The van der Waals surface area contributed by atoms with Gasteiger partial charge in [0.25, 0.3) is 5.91 Å². The molecule has 2 rings (SSSR count). The van der Waals surface area contributed by atoms with Crippen LogP contribution in [0.2, 0.25) is 0 Å². The smallest absolute Gasteiger partial charge is 0.274 e. The van der Waals surface area contributed by atoms with Crippen LogP contribution in [0.5, 0.6) is 0 Å². The van der Waals surface area contributed by atoms with Crippen LogP contribution < -0.4 is 5.32 Å². The highest BCUT2D eigenvalue weighted by molar-refractivity contribution is 5.92. The van der Waals surface area contributed by atoms with E-state index in [-0.39, 0.29) is 24.3 Å². The second kappa shape index (κ2) is 14.4. The topological polar surface area (TPSA) is 78.4 Å². The Labute approximate surface area is 198 Å². The first-order valence-electron chi connectivity index (χ1n) is 12.1. The van der Waals surface area contributed by atoms with E-state index in [1.807, 2.05) is 44.2 Å². The van der Waals surface area contributed by atoms with Crippen molar-refractivity contribution >= 4 is 11.8 Å². The Hall–Kier alpha value is -2.80. The molecule has 1 atom stereocenters. The van der Waals surface area contributed by atoms with Crippen LogP contribution in [0.1, 0.15) is 61.8 Å². The van der Waals surface area contributed by atoms with Gasteiger partial charge in [-0.05, 0) is 58.3 Å². The number of rotatable bonds is 14. The molecular formula is C26H39N5O2. The Morgan fingerprint density at radius 3 is 2.36 bits per heavy atom. The van der Waals surface area contributed by atoms with E-state index in [9.17, 15) is 9.59 Å². The predicted molar refractivity (Wildman–Crippen MR) is 132 cm³/mol. The molecule has 0 saturated heterocycles. The number of carbonyl (C=O) groups excluding carboxylic acids is 2. The third-order valence-electron chi connectivity index (χ3n) is 5.82. The molecule has 1 N–H and O–H groups in total. The summed E-state index contributed by atoms with van der Waals surface area (Å²) >= 11 is 0. The maximum atomic E-state index is 13.1. The summed E-state index contributed by atoms with van der Waals surface area (Å²) in [5, 5.41) is 3.08. The van der Waals surface area contributed by atoms with Crippen LogP contribution in [0.4, 0.5) is 0 Å². The third kappa shape index (κ3) is 9.70. The van der Waals surface area contributed by atoms with Gasteiger partial charge in [-0.25, -0.2) is 4.98 Å². The normalized spacial score (nSPS) is 11.9. The van der Waals surface area contributed by atoms with E-state index in [1.54, 1.807) is 11.1 Å². The molecule has 33 heavy (non-hydrogen) atoms. The summed E-state index contributed by atoms with van der Waals surface area (Å²) in [5.41, 5.74) is 2.21. The molecule has 2 aromatic rings. The van der Waals surface area contributed by atoms with Crippen LogP contribution in [0.3, 0.4) is 0 Å². The van der Waals surface area contributed by atoms with Gasteiger partial charge in [-0.15, -0.1) is 0 Å². The highest BCUT2D eigenvalue weighted by Gasteiger charge is 2.19. The van der Waals surface area contributed by atoms with Gasteiger partial charge >= 0.3 is 0 Å². The first-order valence-corrected chi connectivity index (χ1v) is 12.1. The second-order valence-electron chi connectivity index (χ2n) is 8.46. The zero-order valence-electron chi connectivity index (χ0n) is 20.6. The molecule has 0 saturated carbocycles. The van der Waals surface area contributed by atoms with E-state index in [2.05, 4.69) is 34.0 Å².